The van der Waals surface area contributed by atoms with Crippen LogP contribution in [0.4, 0.5) is 16.6 Å². The Morgan fingerprint density at radius 1 is 1.18 bits per heavy atom. The van der Waals surface area contributed by atoms with Crippen LogP contribution in [0.2, 0.25) is 5.02 Å². The van der Waals surface area contributed by atoms with Crippen LogP contribution in [0.25, 0.3) is 0 Å². The predicted octanol–water partition coefficient (Wildman–Crippen LogP) is 3.10. The van der Waals surface area contributed by atoms with E-state index in [4.69, 9.17) is 22.1 Å². The number of ether oxygens (including phenoxy) is 1. The Balaban J connectivity index is 1.22. The molecule has 0 saturated carbocycles. The van der Waals surface area contributed by atoms with E-state index in [1.54, 1.807) is 9.80 Å². The summed E-state index contributed by atoms with van der Waals surface area (Å²) in [6.07, 6.45) is 3.97. The summed E-state index contributed by atoms with van der Waals surface area (Å²) in [7, 11) is 0. The van der Waals surface area contributed by atoms with Gasteiger partial charge in [0.1, 0.15) is 17.2 Å². The van der Waals surface area contributed by atoms with Crippen molar-refractivity contribution in [2.75, 3.05) is 43.4 Å². The molecule has 3 heterocycles. The summed E-state index contributed by atoms with van der Waals surface area (Å²) in [5, 5.41) is 6.56. The zero-order valence-corrected chi connectivity index (χ0v) is 22.5. The van der Waals surface area contributed by atoms with E-state index in [9.17, 15) is 9.59 Å². The molecule has 2 aliphatic rings. The number of allylic oxidation sites excluding steroid dienone is 1. The average Bonchev–Trinajstić information content (AvgIpc) is 2.81. The fourth-order valence-electron chi connectivity index (χ4n) is 4.26. The minimum absolute atomic E-state index is 0.0176. The molecule has 2 aromatic rings. The minimum Gasteiger partial charge on any atom is -0.444 e. The van der Waals surface area contributed by atoms with E-state index in [0.29, 0.717) is 49.3 Å². The van der Waals surface area contributed by atoms with Gasteiger partial charge < -0.3 is 30.9 Å². The van der Waals surface area contributed by atoms with Gasteiger partial charge in [0.2, 0.25) is 11.9 Å². The Morgan fingerprint density at radius 2 is 1.87 bits per heavy atom. The zero-order valence-electron chi connectivity index (χ0n) is 21.8. The van der Waals surface area contributed by atoms with E-state index >= 15 is 0 Å². The number of hydrogen-bond donors (Lipinski definition) is 3. The van der Waals surface area contributed by atoms with Gasteiger partial charge in [-0.15, -0.1) is 0 Å². The van der Waals surface area contributed by atoms with Crippen LogP contribution in [0.5, 0.6) is 0 Å². The first kappa shape index (κ1) is 27.2. The number of halogens is 1. The summed E-state index contributed by atoms with van der Waals surface area (Å²) in [5.41, 5.74) is 6.69. The highest BCUT2D eigenvalue weighted by Crippen LogP contribution is 2.40. The van der Waals surface area contributed by atoms with E-state index in [2.05, 4.69) is 25.6 Å². The number of rotatable bonds is 8. The summed E-state index contributed by atoms with van der Waals surface area (Å²) in [6, 6.07) is 9.87. The zero-order chi connectivity index (χ0) is 27.3. The van der Waals surface area contributed by atoms with Gasteiger partial charge in [0.25, 0.3) is 0 Å². The molecule has 4 N–H and O–H groups in total. The third kappa shape index (κ3) is 6.91. The van der Waals surface area contributed by atoms with Crippen molar-refractivity contribution in [2.45, 2.75) is 32.9 Å². The van der Waals surface area contributed by atoms with E-state index in [-0.39, 0.29) is 29.9 Å². The highest BCUT2D eigenvalue weighted by molar-refractivity contribution is 6.32. The number of carbonyl (C=O) groups excluding carboxylic acids is 2. The summed E-state index contributed by atoms with van der Waals surface area (Å²) in [4.78, 5) is 40.9. The lowest BCUT2D eigenvalue weighted by atomic mass is 9.73. The van der Waals surface area contributed by atoms with Crippen LogP contribution < -0.4 is 16.4 Å². The van der Waals surface area contributed by atoms with Gasteiger partial charge in [0, 0.05) is 50.6 Å². The first-order valence-corrected chi connectivity index (χ1v) is 12.7. The second kappa shape index (κ2) is 11.3. The van der Waals surface area contributed by atoms with E-state index in [1.807, 2.05) is 51.1 Å². The molecule has 12 heteroatoms. The average molecular weight is 541 g/mol. The van der Waals surface area contributed by atoms with Crippen molar-refractivity contribution in [3.63, 3.8) is 0 Å². The van der Waals surface area contributed by atoms with Crippen molar-refractivity contribution in [1.82, 2.24) is 19.8 Å². The second-order valence-electron chi connectivity index (χ2n) is 10.5. The van der Waals surface area contributed by atoms with Gasteiger partial charge in [0.15, 0.2) is 5.82 Å². The van der Waals surface area contributed by atoms with E-state index in [1.165, 1.54) is 18.6 Å². The predicted molar refractivity (Wildman–Crippen MR) is 147 cm³/mol. The number of amides is 2. The fourth-order valence-corrected chi connectivity index (χ4v) is 4.42. The molecule has 0 bridgehead atoms. The van der Waals surface area contributed by atoms with E-state index < -0.39 is 5.60 Å². The number of nitrogens with zero attached hydrogens (tertiary/aromatic N) is 5. The Kier molecular flexibility index (Phi) is 8.05. The molecule has 38 heavy (non-hydrogen) atoms. The molecule has 11 nitrogen and oxygen atoms in total. The number of anilines is 2. The topological polar surface area (TPSA) is 138 Å². The summed E-state index contributed by atoms with van der Waals surface area (Å²) < 4.78 is 5.40. The van der Waals surface area contributed by atoms with Crippen molar-refractivity contribution in [3.8, 4) is 0 Å². The molecule has 1 aromatic heterocycles. The van der Waals surface area contributed by atoms with Gasteiger partial charge in [-0.25, -0.2) is 9.78 Å². The molecule has 1 aromatic carbocycles. The van der Waals surface area contributed by atoms with Gasteiger partial charge in [0.05, 0.1) is 11.9 Å². The normalized spacial score (nSPS) is 16.7. The van der Waals surface area contributed by atoms with Crippen molar-refractivity contribution >= 4 is 41.6 Å². The van der Waals surface area contributed by atoms with Crippen molar-refractivity contribution in [1.29, 1.82) is 0 Å². The molecule has 0 aliphatic carbocycles. The minimum atomic E-state index is -0.521. The molecule has 0 unspecified atom stereocenters. The SMILES string of the molecule is CC(C)(C)OC(=O)N1CC2(CN(C(=O)CN=CC(=CN)Nc3ncc(Cl)c(NCc4ccccc4)n3)C2)C1. The molecule has 2 amide bonds. The molecule has 2 fully saturated rings. The van der Waals surface area contributed by atoms with Crippen molar-refractivity contribution < 1.29 is 14.3 Å². The van der Waals surface area contributed by atoms with Crippen LogP contribution in [0.1, 0.15) is 26.3 Å². The third-order valence-corrected chi connectivity index (χ3v) is 6.33. The Hall–Kier alpha value is -3.86. The maximum absolute atomic E-state index is 12.5. The molecule has 0 radical (unpaired) electrons. The number of aromatic nitrogens is 2. The first-order chi connectivity index (χ1) is 18.1. The van der Waals surface area contributed by atoms with Gasteiger partial charge in [-0.3, -0.25) is 9.79 Å². The summed E-state index contributed by atoms with van der Waals surface area (Å²) in [5.74, 6) is 0.669. The molecule has 202 valence electrons. The third-order valence-electron chi connectivity index (χ3n) is 6.05. The molecule has 2 aliphatic heterocycles. The number of carbonyl (C=O) groups is 2. The smallest absolute Gasteiger partial charge is 0.410 e. The lowest BCUT2D eigenvalue weighted by Gasteiger charge is -2.59. The maximum Gasteiger partial charge on any atom is 0.410 e. The van der Waals surface area contributed by atoms with Crippen molar-refractivity contribution in [2.24, 2.45) is 16.1 Å². The highest BCUT2D eigenvalue weighted by atomic mass is 35.5. The number of aliphatic imine (C=N–C) groups is 1. The van der Waals surface area contributed by atoms with Gasteiger partial charge >= 0.3 is 6.09 Å². The standard InChI is InChI=1S/C26H33ClN8O3/c1-25(2,3)38-24(37)35-16-26(17-35)14-34(15-26)21(36)13-29-11-19(9-28)32-23-31-12-20(27)22(33-23)30-10-18-7-5-4-6-8-18/h4-9,11-12H,10,13-17,28H2,1-3H3,(H2,30,31,32,33). The van der Waals surface area contributed by atoms with Crippen LogP contribution in [0, 0.1) is 5.41 Å². The number of hydrogen-bond acceptors (Lipinski definition) is 9. The highest BCUT2D eigenvalue weighted by Gasteiger charge is 2.55. The van der Waals surface area contributed by atoms with Crippen LogP contribution in [0.3, 0.4) is 0 Å². The Bertz CT molecular complexity index is 1210. The molecular formula is C26H33ClN8O3. The lowest BCUT2D eigenvalue weighted by molar-refractivity contribution is -0.155. The Morgan fingerprint density at radius 3 is 2.53 bits per heavy atom. The van der Waals surface area contributed by atoms with Crippen LogP contribution in [0.15, 0.2) is 53.4 Å². The number of nitrogens with one attached hydrogen (secondary N) is 2. The fraction of sp³-hybridized carbons (Fsp3) is 0.423. The van der Waals surface area contributed by atoms with Gasteiger partial charge in [-0.2, -0.15) is 4.98 Å². The van der Waals surface area contributed by atoms with Crippen LogP contribution in [-0.2, 0) is 16.1 Å². The van der Waals surface area contributed by atoms with Crippen LogP contribution in [-0.4, -0.2) is 76.3 Å². The molecular weight excluding hydrogens is 508 g/mol. The first-order valence-electron chi connectivity index (χ1n) is 12.3. The van der Waals surface area contributed by atoms with Gasteiger partial charge in [-0.05, 0) is 26.3 Å². The number of likely N-dealkylation sites (tertiary alicyclic amines) is 2. The molecule has 0 atom stereocenters. The second-order valence-corrected chi connectivity index (χ2v) is 10.9. The lowest BCUT2D eigenvalue weighted by Crippen LogP contribution is -2.74. The van der Waals surface area contributed by atoms with Crippen LogP contribution >= 0.6 is 11.6 Å². The molecule has 4 rings (SSSR count). The van der Waals surface area contributed by atoms with Crippen molar-refractivity contribution in [3.05, 3.63) is 59.0 Å². The Labute approximate surface area is 227 Å². The number of nitrogens with two attached hydrogens (primary N) is 1. The molecule has 1 spiro atoms. The largest absolute Gasteiger partial charge is 0.444 e. The molecule has 2 saturated heterocycles. The summed E-state index contributed by atoms with van der Waals surface area (Å²) in [6.45, 7) is 8.48. The summed E-state index contributed by atoms with van der Waals surface area (Å²) >= 11 is 6.24. The van der Waals surface area contributed by atoms with Gasteiger partial charge in [-0.1, -0.05) is 41.9 Å². The number of benzene rings is 1. The van der Waals surface area contributed by atoms with E-state index in [0.717, 1.165) is 5.56 Å². The quantitative estimate of drug-likeness (QED) is 0.434. The maximum atomic E-state index is 12.5. The monoisotopic (exact) mass is 540 g/mol.